The molecule has 38 heavy (non-hydrogen) atoms. The Bertz CT molecular complexity index is 662. The van der Waals surface area contributed by atoms with E-state index in [4.69, 9.17) is 9.47 Å². The molecule has 0 saturated heterocycles. The third kappa shape index (κ3) is 17.6. The fourth-order valence-electron chi connectivity index (χ4n) is 4.40. The van der Waals surface area contributed by atoms with E-state index in [0.717, 1.165) is 51.9 Å². The lowest BCUT2D eigenvalue weighted by Gasteiger charge is -2.16. The molecule has 0 aliphatic rings. The van der Waals surface area contributed by atoms with Crippen LogP contribution in [0.25, 0.3) is 0 Å². The van der Waals surface area contributed by atoms with Crippen LogP contribution in [0.15, 0.2) is 24.3 Å². The van der Waals surface area contributed by atoms with Gasteiger partial charge in [0.1, 0.15) is 0 Å². The van der Waals surface area contributed by atoms with E-state index >= 15 is 0 Å². The summed E-state index contributed by atoms with van der Waals surface area (Å²) in [5, 5.41) is 0. The first-order valence-corrected chi connectivity index (χ1v) is 15.3. The summed E-state index contributed by atoms with van der Waals surface area (Å²) in [5.41, 5.74) is 0.923. The fourth-order valence-corrected chi connectivity index (χ4v) is 4.40. The number of ether oxygens (including phenoxy) is 2. The maximum atomic E-state index is 12.3. The van der Waals surface area contributed by atoms with E-state index in [1.54, 1.807) is 24.3 Å². The maximum absolute atomic E-state index is 12.3. The third-order valence-electron chi connectivity index (χ3n) is 6.98. The van der Waals surface area contributed by atoms with E-state index in [9.17, 15) is 9.59 Å². The minimum absolute atomic E-state index is 0.344. The van der Waals surface area contributed by atoms with Gasteiger partial charge in [-0.15, -0.1) is 0 Å². The van der Waals surface area contributed by atoms with Crippen LogP contribution in [0, 0.1) is 0 Å². The van der Waals surface area contributed by atoms with Crippen molar-refractivity contribution in [1.82, 2.24) is 9.80 Å². The molecule has 0 N–H and O–H groups in total. The van der Waals surface area contributed by atoms with Gasteiger partial charge >= 0.3 is 11.9 Å². The van der Waals surface area contributed by atoms with Crippen molar-refractivity contribution < 1.29 is 19.1 Å². The van der Waals surface area contributed by atoms with Crippen molar-refractivity contribution in [2.75, 3.05) is 53.5 Å². The molecule has 1 aromatic carbocycles. The number of esters is 2. The van der Waals surface area contributed by atoms with E-state index in [1.807, 2.05) is 0 Å². The molecule has 1 aromatic rings. The van der Waals surface area contributed by atoms with Crippen molar-refractivity contribution in [1.29, 1.82) is 0 Å². The summed E-state index contributed by atoms with van der Waals surface area (Å²) in [5.74, 6) is -0.688. The molecule has 6 heteroatoms. The van der Waals surface area contributed by atoms with Gasteiger partial charge in [0.25, 0.3) is 0 Å². The van der Waals surface area contributed by atoms with E-state index in [0.29, 0.717) is 24.3 Å². The van der Waals surface area contributed by atoms with Crippen LogP contribution in [0.3, 0.4) is 0 Å². The predicted octanol–water partition coefficient (Wildman–Crippen LogP) is 7.37. The standard InChI is InChI=1S/C32H56N2O4/c1-5-7-9-11-13-23-33(3)25-15-17-27-37-31(35)29-19-21-30(22-20-29)32(36)38-28-18-16-26-34(4)24-14-12-10-8-6-2/h19-22H,5-18,23-28H2,1-4H3. The Morgan fingerprint density at radius 3 is 1.18 bits per heavy atom. The molecule has 0 radical (unpaired) electrons. The first-order chi connectivity index (χ1) is 18.5. The molecule has 0 saturated carbocycles. The fraction of sp³-hybridized carbons (Fsp3) is 0.750. The molecule has 6 nitrogen and oxygen atoms in total. The number of hydrogen-bond donors (Lipinski definition) is 0. The van der Waals surface area contributed by atoms with Gasteiger partial charge in [0.2, 0.25) is 0 Å². The van der Waals surface area contributed by atoms with Crippen LogP contribution in [-0.2, 0) is 9.47 Å². The Morgan fingerprint density at radius 1 is 0.526 bits per heavy atom. The van der Waals surface area contributed by atoms with Crippen molar-refractivity contribution in [3.05, 3.63) is 35.4 Å². The zero-order chi connectivity index (χ0) is 27.8. The van der Waals surface area contributed by atoms with Crippen molar-refractivity contribution in [3.8, 4) is 0 Å². The quantitative estimate of drug-likeness (QED) is 0.102. The summed E-state index contributed by atoms with van der Waals surface area (Å²) in [6.45, 7) is 9.63. The largest absolute Gasteiger partial charge is 0.462 e. The van der Waals surface area contributed by atoms with Gasteiger partial charge in [-0.25, -0.2) is 9.59 Å². The summed E-state index contributed by atoms with van der Waals surface area (Å²) in [6.07, 6.45) is 16.8. The molecule has 0 aromatic heterocycles. The van der Waals surface area contributed by atoms with Crippen LogP contribution >= 0.6 is 0 Å². The van der Waals surface area contributed by atoms with Crippen LogP contribution in [0.4, 0.5) is 0 Å². The minimum atomic E-state index is -0.344. The lowest BCUT2D eigenvalue weighted by atomic mass is 10.1. The molecular formula is C32H56N2O4. The number of carbonyl (C=O) groups is 2. The van der Waals surface area contributed by atoms with E-state index in [-0.39, 0.29) is 11.9 Å². The number of unbranched alkanes of at least 4 members (excludes halogenated alkanes) is 10. The molecule has 0 spiro atoms. The van der Waals surface area contributed by atoms with Gasteiger partial charge in [-0.1, -0.05) is 65.2 Å². The Balaban J connectivity index is 2.13. The van der Waals surface area contributed by atoms with Crippen LogP contribution in [0.5, 0.6) is 0 Å². The Morgan fingerprint density at radius 2 is 0.842 bits per heavy atom. The van der Waals surface area contributed by atoms with Gasteiger partial charge < -0.3 is 19.3 Å². The predicted molar refractivity (Wildman–Crippen MR) is 158 cm³/mol. The number of nitrogens with zero attached hydrogens (tertiary/aromatic N) is 2. The molecule has 1 rings (SSSR count). The molecule has 0 fully saturated rings. The minimum Gasteiger partial charge on any atom is -0.462 e. The molecular weight excluding hydrogens is 476 g/mol. The summed E-state index contributed by atoms with van der Waals surface area (Å²) in [7, 11) is 4.32. The molecule has 0 amide bonds. The molecule has 0 atom stereocenters. The first kappa shape index (κ1) is 34.1. The van der Waals surface area contributed by atoms with Crippen LogP contribution < -0.4 is 0 Å². The summed E-state index contributed by atoms with van der Waals surface area (Å²) in [6, 6.07) is 6.56. The maximum Gasteiger partial charge on any atom is 0.338 e. The highest BCUT2D eigenvalue weighted by Crippen LogP contribution is 2.10. The average molecular weight is 533 g/mol. The molecule has 0 heterocycles. The van der Waals surface area contributed by atoms with Crippen molar-refractivity contribution in [3.63, 3.8) is 0 Å². The second kappa shape index (κ2) is 23.0. The smallest absolute Gasteiger partial charge is 0.338 e. The topological polar surface area (TPSA) is 59.1 Å². The highest BCUT2D eigenvalue weighted by molar-refractivity contribution is 5.93. The lowest BCUT2D eigenvalue weighted by molar-refractivity contribution is 0.0481. The Kier molecular flexibility index (Phi) is 20.7. The second-order valence-electron chi connectivity index (χ2n) is 10.7. The van der Waals surface area contributed by atoms with Crippen LogP contribution in [-0.4, -0.2) is 75.2 Å². The highest BCUT2D eigenvalue weighted by Gasteiger charge is 2.11. The van der Waals surface area contributed by atoms with Crippen LogP contribution in [0.2, 0.25) is 0 Å². The van der Waals surface area contributed by atoms with E-state index < -0.39 is 0 Å². The molecule has 218 valence electrons. The van der Waals surface area contributed by atoms with E-state index in [1.165, 1.54) is 64.2 Å². The Hall–Kier alpha value is -1.92. The number of rotatable bonds is 24. The van der Waals surface area contributed by atoms with Crippen molar-refractivity contribution in [2.24, 2.45) is 0 Å². The van der Waals surface area contributed by atoms with Gasteiger partial charge in [-0.2, -0.15) is 0 Å². The number of carbonyl (C=O) groups excluding carboxylic acids is 2. The number of hydrogen-bond acceptors (Lipinski definition) is 6. The molecule has 0 unspecified atom stereocenters. The average Bonchev–Trinajstić information content (AvgIpc) is 2.92. The normalized spacial score (nSPS) is 11.3. The van der Waals surface area contributed by atoms with Gasteiger partial charge in [0.15, 0.2) is 0 Å². The van der Waals surface area contributed by atoms with Gasteiger partial charge in [0.05, 0.1) is 24.3 Å². The van der Waals surface area contributed by atoms with Gasteiger partial charge in [-0.3, -0.25) is 0 Å². The SMILES string of the molecule is CCCCCCCN(C)CCCCOC(=O)c1ccc(C(=O)OCCCCN(C)CCCCCCC)cc1. The van der Waals surface area contributed by atoms with Gasteiger partial charge in [0, 0.05) is 0 Å². The molecule has 0 aliphatic heterocycles. The first-order valence-electron chi connectivity index (χ1n) is 15.3. The van der Waals surface area contributed by atoms with Gasteiger partial charge in [-0.05, 0) is 103 Å². The second-order valence-corrected chi connectivity index (χ2v) is 10.7. The summed E-state index contributed by atoms with van der Waals surface area (Å²) < 4.78 is 10.8. The summed E-state index contributed by atoms with van der Waals surface area (Å²) in [4.78, 5) is 29.3. The van der Waals surface area contributed by atoms with Crippen LogP contribution in [0.1, 0.15) is 124 Å². The monoisotopic (exact) mass is 532 g/mol. The highest BCUT2D eigenvalue weighted by atomic mass is 16.5. The molecule has 0 bridgehead atoms. The Labute approximate surface area is 233 Å². The zero-order valence-electron chi connectivity index (χ0n) is 25.0. The van der Waals surface area contributed by atoms with E-state index in [2.05, 4.69) is 37.7 Å². The van der Waals surface area contributed by atoms with Crippen molar-refractivity contribution >= 4 is 11.9 Å². The number of benzene rings is 1. The zero-order valence-corrected chi connectivity index (χ0v) is 25.0. The lowest BCUT2D eigenvalue weighted by Crippen LogP contribution is -2.21. The third-order valence-corrected chi connectivity index (χ3v) is 6.98. The summed E-state index contributed by atoms with van der Waals surface area (Å²) >= 11 is 0. The van der Waals surface area contributed by atoms with Crippen molar-refractivity contribution in [2.45, 2.75) is 104 Å². The molecule has 0 aliphatic carbocycles.